The van der Waals surface area contributed by atoms with Crippen LogP contribution < -0.4 is 10.6 Å². The molecule has 1 aromatic carbocycles. The van der Waals surface area contributed by atoms with E-state index in [1.807, 2.05) is 42.6 Å². The summed E-state index contributed by atoms with van der Waals surface area (Å²) in [5.74, 6) is -0.0181. The summed E-state index contributed by atoms with van der Waals surface area (Å²) in [7, 11) is 0. The molecule has 0 fully saturated rings. The molecule has 0 spiro atoms. The Labute approximate surface area is 111 Å². The van der Waals surface area contributed by atoms with Gasteiger partial charge >= 0.3 is 0 Å². The second-order valence-electron chi connectivity index (χ2n) is 4.10. The Bertz CT molecular complexity index is 491. The molecule has 0 aliphatic carbocycles. The molecular weight excluding hydrogens is 244 g/mol. The molecule has 0 atom stereocenters. The Morgan fingerprint density at radius 1 is 1.22 bits per heavy atom. The first-order valence-corrected chi connectivity index (χ1v) is 6.71. The molecule has 1 heterocycles. The Balaban J connectivity index is 1.73. The van der Waals surface area contributed by atoms with Crippen LogP contribution in [0.4, 0.5) is 5.69 Å². The Morgan fingerprint density at radius 2 is 2.00 bits per heavy atom. The van der Waals surface area contributed by atoms with E-state index in [2.05, 4.69) is 16.7 Å². The van der Waals surface area contributed by atoms with Crippen molar-refractivity contribution in [3.05, 3.63) is 52.2 Å². The zero-order valence-corrected chi connectivity index (χ0v) is 11.1. The summed E-state index contributed by atoms with van der Waals surface area (Å²) in [4.78, 5) is 12.9. The minimum atomic E-state index is -0.0181. The maximum Gasteiger partial charge on any atom is 0.238 e. The number of thiophene rings is 1. The molecule has 2 aromatic rings. The highest BCUT2D eigenvalue weighted by molar-refractivity contribution is 7.09. The topological polar surface area (TPSA) is 41.1 Å². The number of anilines is 1. The first-order chi connectivity index (χ1) is 8.74. The first-order valence-electron chi connectivity index (χ1n) is 5.83. The van der Waals surface area contributed by atoms with Crippen LogP contribution in [0.3, 0.4) is 0 Å². The smallest absolute Gasteiger partial charge is 0.238 e. The predicted molar refractivity (Wildman–Crippen MR) is 75.8 cm³/mol. The van der Waals surface area contributed by atoms with Gasteiger partial charge < -0.3 is 10.6 Å². The van der Waals surface area contributed by atoms with Gasteiger partial charge in [0, 0.05) is 17.1 Å². The first kappa shape index (κ1) is 12.8. The third kappa shape index (κ3) is 3.98. The molecule has 0 saturated carbocycles. The quantitative estimate of drug-likeness (QED) is 0.868. The van der Waals surface area contributed by atoms with E-state index in [0.717, 1.165) is 12.2 Å². The van der Waals surface area contributed by atoms with E-state index < -0.39 is 0 Å². The van der Waals surface area contributed by atoms with Gasteiger partial charge in [0.2, 0.25) is 5.91 Å². The lowest BCUT2D eigenvalue weighted by Gasteiger charge is -2.06. The van der Waals surface area contributed by atoms with Crippen LogP contribution in [-0.2, 0) is 11.3 Å². The van der Waals surface area contributed by atoms with Gasteiger partial charge in [0.25, 0.3) is 0 Å². The van der Waals surface area contributed by atoms with Crippen molar-refractivity contribution in [1.29, 1.82) is 0 Å². The number of carbonyl (C=O) groups excluding carboxylic acids is 1. The molecule has 0 bridgehead atoms. The molecule has 0 radical (unpaired) electrons. The summed E-state index contributed by atoms with van der Waals surface area (Å²) < 4.78 is 0. The van der Waals surface area contributed by atoms with Crippen molar-refractivity contribution in [2.24, 2.45) is 0 Å². The van der Waals surface area contributed by atoms with Gasteiger partial charge in [0.15, 0.2) is 0 Å². The fourth-order valence-electron chi connectivity index (χ4n) is 1.55. The van der Waals surface area contributed by atoms with Gasteiger partial charge in [-0.25, -0.2) is 0 Å². The molecule has 4 heteroatoms. The van der Waals surface area contributed by atoms with Crippen LogP contribution in [0.15, 0.2) is 41.8 Å². The van der Waals surface area contributed by atoms with Gasteiger partial charge in [0.05, 0.1) is 6.54 Å². The normalized spacial score (nSPS) is 10.3. The van der Waals surface area contributed by atoms with Crippen LogP contribution in [0.1, 0.15) is 10.4 Å². The average Bonchev–Trinajstić information content (AvgIpc) is 2.85. The molecule has 0 unspecified atom stereocenters. The van der Waals surface area contributed by atoms with Gasteiger partial charge in [-0.05, 0) is 30.5 Å². The Kier molecular flexibility index (Phi) is 4.50. The number of amides is 1. The van der Waals surface area contributed by atoms with E-state index in [0.29, 0.717) is 6.54 Å². The van der Waals surface area contributed by atoms with Gasteiger partial charge in [-0.1, -0.05) is 23.8 Å². The van der Waals surface area contributed by atoms with Crippen molar-refractivity contribution in [3.63, 3.8) is 0 Å². The number of aryl methyl sites for hydroxylation is 1. The number of benzene rings is 1. The molecule has 0 aliphatic heterocycles. The van der Waals surface area contributed by atoms with Crippen LogP contribution in [0.2, 0.25) is 0 Å². The fourth-order valence-corrected chi connectivity index (χ4v) is 2.23. The molecule has 0 aliphatic rings. The molecule has 2 rings (SSSR count). The molecule has 3 nitrogen and oxygen atoms in total. The molecular formula is C14H16N2OS. The zero-order valence-electron chi connectivity index (χ0n) is 10.3. The zero-order chi connectivity index (χ0) is 12.8. The lowest BCUT2D eigenvalue weighted by molar-refractivity contribution is -0.115. The van der Waals surface area contributed by atoms with Crippen LogP contribution >= 0.6 is 11.3 Å². The number of hydrogen-bond donors (Lipinski definition) is 2. The number of carbonyl (C=O) groups is 1. The highest BCUT2D eigenvalue weighted by Gasteiger charge is 2.01. The molecule has 2 N–H and O–H groups in total. The molecule has 1 aromatic heterocycles. The van der Waals surface area contributed by atoms with Gasteiger partial charge in [-0.15, -0.1) is 11.3 Å². The van der Waals surface area contributed by atoms with Crippen LogP contribution in [0.5, 0.6) is 0 Å². The lowest BCUT2D eigenvalue weighted by Crippen LogP contribution is -2.27. The number of rotatable bonds is 5. The maximum absolute atomic E-state index is 11.7. The van der Waals surface area contributed by atoms with E-state index in [-0.39, 0.29) is 5.91 Å². The second kappa shape index (κ2) is 6.33. The summed E-state index contributed by atoms with van der Waals surface area (Å²) in [6.45, 7) is 3.08. The van der Waals surface area contributed by atoms with Crippen molar-refractivity contribution < 1.29 is 4.79 Å². The van der Waals surface area contributed by atoms with Crippen molar-refractivity contribution in [2.75, 3.05) is 11.9 Å². The summed E-state index contributed by atoms with van der Waals surface area (Å²) in [5.41, 5.74) is 2.02. The van der Waals surface area contributed by atoms with Crippen LogP contribution in [0.25, 0.3) is 0 Å². The van der Waals surface area contributed by atoms with E-state index in [1.54, 1.807) is 11.3 Å². The van der Waals surface area contributed by atoms with E-state index in [4.69, 9.17) is 0 Å². The van der Waals surface area contributed by atoms with Gasteiger partial charge in [0.1, 0.15) is 0 Å². The molecule has 1 amide bonds. The summed E-state index contributed by atoms with van der Waals surface area (Å²) in [5, 5.41) is 8.00. The number of nitrogens with one attached hydrogen (secondary N) is 2. The van der Waals surface area contributed by atoms with Crippen LogP contribution in [0, 0.1) is 6.92 Å². The molecule has 18 heavy (non-hydrogen) atoms. The predicted octanol–water partition coefficient (Wildman–Crippen LogP) is 2.78. The van der Waals surface area contributed by atoms with Crippen LogP contribution in [-0.4, -0.2) is 12.5 Å². The third-order valence-electron chi connectivity index (χ3n) is 2.50. The molecule has 94 valence electrons. The summed E-state index contributed by atoms with van der Waals surface area (Å²) in [6, 6.07) is 11.8. The minimum Gasteiger partial charge on any atom is -0.325 e. The fraction of sp³-hybridized carbons (Fsp3) is 0.214. The molecule has 0 saturated heterocycles. The van der Waals surface area contributed by atoms with Crippen molar-refractivity contribution in [3.8, 4) is 0 Å². The van der Waals surface area contributed by atoms with E-state index >= 15 is 0 Å². The van der Waals surface area contributed by atoms with Crippen molar-refractivity contribution >= 4 is 22.9 Å². The Hall–Kier alpha value is -1.65. The largest absolute Gasteiger partial charge is 0.325 e. The number of hydrogen-bond acceptors (Lipinski definition) is 3. The summed E-state index contributed by atoms with van der Waals surface area (Å²) >= 11 is 1.69. The minimum absolute atomic E-state index is 0.0181. The van der Waals surface area contributed by atoms with Gasteiger partial charge in [-0.3, -0.25) is 4.79 Å². The Morgan fingerprint density at radius 3 is 2.67 bits per heavy atom. The van der Waals surface area contributed by atoms with Crippen molar-refractivity contribution in [2.45, 2.75) is 13.5 Å². The van der Waals surface area contributed by atoms with Crippen molar-refractivity contribution in [1.82, 2.24) is 5.32 Å². The van der Waals surface area contributed by atoms with E-state index in [9.17, 15) is 4.79 Å². The summed E-state index contributed by atoms with van der Waals surface area (Å²) in [6.07, 6.45) is 0. The highest BCUT2D eigenvalue weighted by Crippen LogP contribution is 2.09. The van der Waals surface area contributed by atoms with E-state index in [1.165, 1.54) is 10.4 Å². The third-order valence-corrected chi connectivity index (χ3v) is 3.38. The highest BCUT2D eigenvalue weighted by atomic mass is 32.1. The maximum atomic E-state index is 11.7. The average molecular weight is 260 g/mol. The second-order valence-corrected chi connectivity index (χ2v) is 5.13. The van der Waals surface area contributed by atoms with Gasteiger partial charge in [-0.2, -0.15) is 0 Å². The SMILES string of the molecule is Cc1ccc(NC(=O)CNCc2cccs2)cc1. The standard InChI is InChI=1S/C14H16N2OS/c1-11-4-6-12(7-5-11)16-14(17)10-15-9-13-3-2-8-18-13/h2-8,15H,9-10H2,1H3,(H,16,17). The lowest BCUT2D eigenvalue weighted by atomic mass is 10.2. The monoisotopic (exact) mass is 260 g/mol.